The Morgan fingerprint density at radius 1 is 1.00 bits per heavy atom. The van der Waals surface area contributed by atoms with E-state index in [1.54, 1.807) is 42.5 Å². The molecule has 8 nitrogen and oxygen atoms in total. The number of aromatic nitrogens is 3. The number of carbonyl (C=O) groups excluding carboxylic acids is 1. The minimum absolute atomic E-state index is 0.0926. The van der Waals surface area contributed by atoms with Gasteiger partial charge >= 0.3 is 0 Å². The molecule has 0 radical (unpaired) electrons. The number of sulfonamides is 1. The maximum Gasteiger partial charge on any atom is 0.264 e. The summed E-state index contributed by atoms with van der Waals surface area (Å²) in [4.78, 5) is 16.6. The molecule has 0 unspecified atom stereocenters. The van der Waals surface area contributed by atoms with Gasteiger partial charge in [-0.25, -0.2) is 22.5 Å². The molecule has 0 spiro atoms. The van der Waals surface area contributed by atoms with E-state index in [0.29, 0.717) is 5.69 Å². The van der Waals surface area contributed by atoms with Crippen LogP contribution in [0.5, 0.6) is 0 Å². The molecule has 3 aromatic carbocycles. The van der Waals surface area contributed by atoms with Gasteiger partial charge in [-0.2, -0.15) is 5.10 Å². The van der Waals surface area contributed by atoms with E-state index >= 15 is 0 Å². The summed E-state index contributed by atoms with van der Waals surface area (Å²) in [6, 6.07) is 17.8. The van der Waals surface area contributed by atoms with E-state index in [2.05, 4.69) is 15.4 Å². The van der Waals surface area contributed by atoms with Crippen molar-refractivity contribution < 1.29 is 17.6 Å². The van der Waals surface area contributed by atoms with E-state index < -0.39 is 21.7 Å². The van der Waals surface area contributed by atoms with Crippen molar-refractivity contribution in [3.63, 3.8) is 0 Å². The Balaban J connectivity index is 1.51. The Morgan fingerprint density at radius 3 is 2.26 bits per heavy atom. The molecule has 0 bridgehead atoms. The van der Waals surface area contributed by atoms with Gasteiger partial charge in [-0.15, -0.1) is 0 Å². The maximum atomic E-state index is 14.5. The van der Waals surface area contributed by atoms with Crippen molar-refractivity contribution >= 4 is 27.3 Å². The number of benzene rings is 3. The molecule has 0 fully saturated rings. The first-order chi connectivity index (χ1) is 16.7. The van der Waals surface area contributed by atoms with Crippen LogP contribution in [0, 0.1) is 19.7 Å². The van der Waals surface area contributed by atoms with Gasteiger partial charge in [-0.05, 0) is 56.3 Å². The molecule has 0 aliphatic rings. The molecule has 1 N–H and O–H groups in total. The number of amides is 1. The number of carbonyl (C=O) groups is 1. The van der Waals surface area contributed by atoms with Gasteiger partial charge in [-0.3, -0.25) is 9.10 Å². The van der Waals surface area contributed by atoms with Crippen LogP contribution >= 0.6 is 0 Å². The minimum Gasteiger partial charge on any atom is -0.326 e. The summed E-state index contributed by atoms with van der Waals surface area (Å²) < 4.78 is 43.8. The third kappa shape index (κ3) is 5.55. The minimum atomic E-state index is -3.91. The van der Waals surface area contributed by atoms with E-state index in [9.17, 15) is 17.6 Å². The first-order valence-electron chi connectivity index (χ1n) is 10.8. The van der Waals surface area contributed by atoms with Crippen molar-refractivity contribution in [1.82, 2.24) is 14.8 Å². The zero-order chi connectivity index (χ0) is 25.0. The molecule has 1 heterocycles. The van der Waals surface area contributed by atoms with Gasteiger partial charge in [0, 0.05) is 18.7 Å². The highest BCUT2D eigenvalue weighted by molar-refractivity contribution is 7.92. The van der Waals surface area contributed by atoms with Crippen molar-refractivity contribution in [1.29, 1.82) is 0 Å². The number of halogens is 1. The number of rotatable bonds is 8. The lowest BCUT2D eigenvalue weighted by Gasteiger charge is -2.24. The normalized spacial score (nSPS) is 11.3. The average molecular weight is 494 g/mol. The number of hydrogen-bond acceptors (Lipinski definition) is 5. The molecule has 0 aliphatic heterocycles. The Kier molecular flexibility index (Phi) is 6.92. The van der Waals surface area contributed by atoms with E-state index in [1.165, 1.54) is 33.8 Å². The van der Waals surface area contributed by atoms with Gasteiger partial charge in [0.25, 0.3) is 10.0 Å². The first-order valence-corrected chi connectivity index (χ1v) is 12.3. The summed E-state index contributed by atoms with van der Waals surface area (Å²) >= 11 is 0. The van der Waals surface area contributed by atoms with Crippen LogP contribution in [0.25, 0.3) is 5.69 Å². The van der Waals surface area contributed by atoms with E-state index in [-0.39, 0.29) is 29.2 Å². The average Bonchev–Trinajstić information content (AvgIpc) is 3.35. The lowest BCUT2D eigenvalue weighted by molar-refractivity contribution is -0.116. The maximum absolute atomic E-state index is 14.5. The van der Waals surface area contributed by atoms with Crippen molar-refractivity contribution in [2.24, 2.45) is 0 Å². The third-order valence-corrected chi connectivity index (χ3v) is 7.21. The second kappa shape index (κ2) is 10.1. The Hall–Kier alpha value is -4.05. The smallest absolute Gasteiger partial charge is 0.264 e. The topological polar surface area (TPSA) is 97.2 Å². The lowest BCUT2D eigenvalue weighted by atomic mass is 10.2. The lowest BCUT2D eigenvalue weighted by Crippen LogP contribution is -2.34. The van der Waals surface area contributed by atoms with Gasteiger partial charge in [0.05, 0.1) is 10.6 Å². The van der Waals surface area contributed by atoms with Gasteiger partial charge in [0.1, 0.15) is 18.3 Å². The van der Waals surface area contributed by atoms with Crippen LogP contribution in [-0.4, -0.2) is 35.6 Å². The van der Waals surface area contributed by atoms with Crippen LogP contribution in [-0.2, 0) is 14.8 Å². The molecule has 1 aromatic heterocycles. The fourth-order valence-corrected chi connectivity index (χ4v) is 4.93. The van der Waals surface area contributed by atoms with E-state index in [0.717, 1.165) is 11.1 Å². The summed E-state index contributed by atoms with van der Waals surface area (Å²) in [5.74, 6) is -1.04. The number of nitrogens with zero attached hydrogens (tertiary/aromatic N) is 4. The van der Waals surface area contributed by atoms with Crippen molar-refractivity contribution in [3.8, 4) is 5.69 Å². The van der Waals surface area contributed by atoms with Gasteiger partial charge < -0.3 is 5.32 Å². The molecule has 35 heavy (non-hydrogen) atoms. The zero-order valence-corrected chi connectivity index (χ0v) is 20.0. The predicted octanol–water partition coefficient (Wildman–Crippen LogP) is 4.25. The summed E-state index contributed by atoms with van der Waals surface area (Å²) in [7, 11) is -3.91. The number of hydrogen-bond donors (Lipinski definition) is 1. The largest absolute Gasteiger partial charge is 0.326 e. The fourth-order valence-electron chi connectivity index (χ4n) is 3.47. The monoisotopic (exact) mass is 493 g/mol. The van der Waals surface area contributed by atoms with Gasteiger partial charge in [-0.1, -0.05) is 35.4 Å². The van der Waals surface area contributed by atoms with Crippen LogP contribution in [0.3, 0.4) is 0 Å². The summed E-state index contributed by atoms with van der Waals surface area (Å²) in [6.45, 7) is 3.69. The zero-order valence-electron chi connectivity index (χ0n) is 19.2. The SMILES string of the molecule is Cc1ccc(N(CCC(=O)Nc2ccc(-n3cncn3)c(F)c2)S(=O)(=O)c2ccc(C)cc2)cc1. The molecule has 1 amide bonds. The van der Waals surface area contributed by atoms with Crippen molar-refractivity contribution in [3.05, 3.63) is 96.3 Å². The first kappa shape index (κ1) is 24.1. The van der Waals surface area contributed by atoms with E-state index in [1.807, 2.05) is 26.0 Å². The number of nitrogens with one attached hydrogen (secondary N) is 1. The molecule has 4 rings (SSSR count). The molecular formula is C25H24FN5O3S. The molecule has 10 heteroatoms. The summed E-state index contributed by atoms with van der Waals surface area (Å²) in [6.07, 6.45) is 2.52. The Labute approximate surface area is 203 Å². The molecule has 180 valence electrons. The van der Waals surface area contributed by atoms with Gasteiger partial charge in [0.2, 0.25) is 5.91 Å². The van der Waals surface area contributed by atoms with Crippen LogP contribution in [0.1, 0.15) is 17.5 Å². The highest BCUT2D eigenvalue weighted by Crippen LogP contribution is 2.25. The Morgan fingerprint density at radius 2 is 1.66 bits per heavy atom. The fraction of sp³-hybridized carbons (Fsp3) is 0.160. The second-order valence-corrected chi connectivity index (χ2v) is 9.89. The second-order valence-electron chi connectivity index (χ2n) is 8.03. The van der Waals surface area contributed by atoms with Crippen molar-refractivity contribution in [2.75, 3.05) is 16.2 Å². The van der Waals surface area contributed by atoms with Gasteiger partial charge in [0.15, 0.2) is 5.82 Å². The molecule has 0 saturated carbocycles. The van der Waals surface area contributed by atoms with Crippen molar-refractivity contribution in [2.45, 2.75) is 25.2 Å². The molecule has 0 aliphatic carbocycles. The Bertz CT molecular complexity index is 1420. The van der Waals surface area contributed by atoms with Crippen LogP contribution in [0.15, 0.2) is 84.3 Å². The highest BCUT2D eigenvalue weighted by atomic mass is 32.2. The van der Waals surface area contributed by atoms with E-state index in [4.69, 9.17) is 0 Å². The standard InChI is InChI=1S/C25H24FN5O3S/c1-18-3-8-21(9-4-18)31(35(33,34)22-10-5-19(2)6-11-22)14-13-25(32)29-20-7-12-24(23(26)15-20)30-17-27-16-28-30/h3-12,15-17H,13-14H2,1-2H3,(H,29,32). The quantitative estimate of drug-likeness (QED) is 0.396. The third-order valence-electron chi connectivity index (χ3n) is 5.37. The molecular weight excluding hydrogens is 469 g/mol. The number of aryl methyl sites for hydroxylation is 2. The van der Waals surface area contributed by atoms with Crippen LogP contribution < -0.4 is 9.62 Å². The molecule has 0 atom stereocenters. The summed E-state index contributed by atoms with van der Waals surface area (Å²) in [5.41, 5.74) is 2.81. The molecule has 0 saturated heterocycles. The van der Waals surface area contributed by atoms with Crippen LogP contribution in [0.4, 0.5) is 15.8 Å². The molecule has 4 aromatic rings. The summed E-state index contributed by atoms with van der Waals surface area (Å²) in [5, 5.41) is 6.51. The van der Waals surface area contributed by atoms with Crippen LogP contribution in [0.2, 0.25) is 0 Å². The predicted molar refractivity (Wildman–Crippen MR) is 131 cm³/mol. The number of anilines is 2. The highest BCUT2D eigenvalue weighted by Gasteiger charge is 2.25.